The second kappa shape index (κ2) is 3.13. The summed E-state index contributed by atoms with van der Waals surface area (Å²) in [4.78, 5) is 1.18. The van der Waals surface area contributed by atoms with E-state index in [1.165, 1.54) is 17.4 Å². The van der Waals surface area contributed by atoms with Crippen molar-refractivity contribution >= 4 is 11.3 Å². The number of hydrogen-bond acceptors (Lipinski definition) is 1. The van der Waals surface area contributed by atoms with Gasteiger partial charge in [-0.15, -0.1) is 11.3 Å². The van der Waals surface area contributed by atoms with E-state index in [0.717, 1.165) is 11.8 Å². The van der Waals surface area contributed by atoms with Gasteiger partial charge in [0, 0.05) is 11.8 Å². The van der Waals surface area contributed by atoms with Gasteiger partial charge in [-0.3, -0.25) is 0 Å². The highest BCUT2D eigenvalue weighted by atomic mass is 32.1. The average molecular weight is 190 g/mol. The molecular formula is C9H12F2S. The summed E-state index contributed by atoms with van der Waals surface area (Å²) in [6.45, 7) is 4.94. The van der Waals surface area contributed by atoms with Crippen LogP contribution in [0.3, 0.4) is 0 Å². The number of rotatable bonds is 2. The maximum Gasteiger partial charge on any atom is 0.279 e. The average Bonchev–Trinajstić information content (AvgIpc) is 2.30. The summed E-state index contributed by atoms with van der Waals surface area (Å²) in [7, 11) is 0. The molecule has 0 aliphatic rings. The number of thiophene rings is 1. The first-order valence-corrected chi connectivity index (χ1v) is 4.71. The van der Waals surface area contributed by atoms with Crippen molar-refractivity contribution in [3.8, 4) is 0 Å². The van der Waals surface area contributed by atoms with Crippen LogP contribution in [0.15, 0.2) is 12.1 Å². The highest BCUT2D eigenvalue weighted by Crippen LogP contribution is 2.35. The van der Waals surface area contributed by atoms with Crippen molar-refractivity contribution in [3.05, 3.63) is 21.9 Å². The summed E-state index contributed by atoms with van der Waals surface area (Å²) in [5.41, 5.74) is 0. The highest BCUT2D eigenvalue weighted by Gasteiger charge is 2.26. The van der Waals surface area contributed by atoms with Gasteiger partial charge in [-0.25, -0.2) is 8.78 Å². The number of halogens is 2. The van der Waals surface area contributed by atoms with Gasteiger partial charge < -0.3 is 0 Å². The monoisotopic (exact) mass is 190 g/mol. The van der Waals surface area contributed by atoms with Crippen molar-refractivity contribution < 1.29 is 8.78 Å². The molecule has 0 aliphatic carbocycles. The van der Waals surface area contributed by atoms with Crippen molar-refractivity contribution in [1.82, 2.24) is 0 Å². The van der Waals surface area contributed by atoms with Crippen LogP contribution in [0.5, 0.6) is 0 Å². The molecule has 0 spiro atoms. The lowest BCUT2D eigenvalue weighted by Gasteiger charge is -2.06. The van der Waals surface area contributed by atoms with Crippen LogP contribution in [0, 0.1) is 0 Å². The fourth-order valence-electron chi connectivity index (χ4n) is 0.899. The third-order valence-electron chi connectivity index (χ3n) is 1.63. The molecule has 0 atom stereocenters. The van der Waals surface area contributed by atoms with Gasteiger partial charge >= 0.3 is 0 Å². The van der Waals surface area contributed by atoms with Gasteiger partial charge in [-0.2, -0.15) is 0 Å². The molecule has 0 nitrogen and oxygen atoms in total. The molecule has 0 saturated heterocycles. The van der Waals surface area contributed by atoms with Gasteiger partial charge in [0.25, 0.3) is 5.92 Å². The molecule has 3 heteroatoms. The van der Waals surface area contributed by atoms with E-state index in [4.69, 9.17) is 0 Å². The minimum atomic E-state index is -2.68. The van der Waals surface area contributed by atoms with Gasteiger partial charge in [0.15, 0.2) is 0 Å². The smallest absolute Gasteiger partial charge is 0.201 e. The second-order valence-corrected chi connectivity index (χ2v) is 4.36. The van der Waals surface area contributed by atoms with Crippen molar-refractivity contribution in [2.45, 2.75) is 32.6 Å². The molecule has 0 aliphatic heterocycles. The number of hydrogen-bond donors (Lipinski definition) is 0. The van der Waals surface area contributed by atoms with Gasteiger partial charge in [0.2, 0.25) is 0 Å². The molecule has 1 aromatic rings. The van der Waals surface area contributed by atoms with E-state index in [-0.39, 0.29) is 4.88 Å². The Labute approximate surface area is 75.2 Å². The standard InChI is InChI=1S/C9H12F2S/c1-6(2)7-4-5-8(12-7)9(3,10)11/h4-6H,1-3H3. The molecule has 1 rings (SSSR count). The topological polar surface area (TPSA) is 0 Å². The molecule has 0 N–H and O–H groups in total. The second-order valence-electron chi connectivity index (χ2n) is 3.25. The predicted molar refractivity (Wildman–Crippen MR) is 48.0 cm³/mol. The molecule has 0 aromatic carbocycles. The molecule has 0 saturated carbocycles. The van der Waals surface area contributed by atoms with Gasteiger partial charge in [0.05, 0.1) is 4.88 Å². The Hall–Kier alpha value is -0.440. The zero-order valence-corrected chi connectivity index (χ0v) is 8.21. The predicted octanol–water partition coefficient (Wildman–Crippen LogP) is 3.98. The fraction of sp³-hybridized carbons (Fsp3) is 0.556. The van der Waals surface area contributed by atoms with E-state index in [9.17, 15) is 8.78 Å². The Bertz CT molecular complexity index is 258. The fourth-order valence-corrected chi connectivity index (χ4v) is 1.84. The summed E-state index contributed by atoms with van der Waals surface area (Å²) >= 11 is 1.20. The Balaban J connectivity index is 2.92. The molecule has 0 amide bonds. The van der Waals surface area contributed by atoms with E-state index in [0.29, 0.717) is 5.92 Å². The van der Waals surface area contributed by atoms with Crippen LogP contribution in [-0.4, -0.2) is 0 Å². The summed E-state index contributed by atoms with van der Waals surface area (Å²) in [5.74, 6) is -2.34. The summed E-state index contributed by atoms with van der Waals surface area (Å²) in [6.07, 6.45) is 0. The van der Waals surface area contributed by atoms with Crippen molar-refractivity contribution in [2.75, 3.05) is 0 Å². The van der Waals surface area contributed by atoms with Crippen LogP contribution in [-0.2, 0) is 5.92 Å². The normalized spacial score (nSPS) is 12.5. The van der Waals surface area contributed by atoms with Crippen LogP contribution in [0.1, 0.15) is 36.4 Å². The highest BCUT2D eigenvalue weighted by molar-refractivity contribution is 7.12. The molecule has 1 heterocycles. The van der Waals surface area contributed by atoms with Crippen molar-refractivity contribution in [3.63, 3.8) is 0 Å². The largest absolute Gasteiger partial charge is 0.279 e. The van der Waals surface area contributed by atoms with E-state index in [2.05, 4.69) is 0 Å². The Kier molecular flexibility index (Phi) is 2.52. The van der Waals surface area contributed by atoms with Crippen LogP contribution < -0.4 is 0 Å². The SMILES string of the molecule is CC(C)c1ccc(C(C)(F)F)s1. The van der Waals surface area contributed by atoms with Crippen molar-refractivity contribution in [1.29, 1.82) is 0 Å². The first kappa shape index (κ1) is 9.65. The molecule has 0 unspecified atom stereocenters. The summed E-state index contributed by atoms with van der Waals surface area (Å²) < 4.78 is 25.5. The van der Waals surface area contributed by atoms with Crippen LogP contribution >= 0.6 is 11.3 Å². The van der Waals surface area contributed by atoms with Gasteiger partial charge in [0.1, 0.15) is 0 Å². The first-order valence-electron chi connectivity index (χ1n) is 3.89. The van der Waals surface area contributed by atoms with E-state index < -0.39 is 5.92 Å². The first-order chi connectivity index (χ1) is 5.41. The minimum absolute atomic E-state index is 0.159. The molecule has 1 aromatic heterocycles. The lowest BCUT2D eigenvalue weighted by Crippen LogP contribution is -2.02. The zero-order chi connectivity index (χ0) is 9.35. The maximum absolute atomic E-state index is 12.7. The zero-order valence-electron chi connectivity index (χ0n) is 7.40. The summed E-state index contributed by atoms with van der Waals surface area (Å²) in [6, 6.07) is 3.29. The van der Waals surface area contributed by atoms with E-state index >= 15 is 0 Å². The quantitative estimate of drug-likeness (QED) is 0.661. The van der Waals surface area contributed by atoms with E-state index in [1.54, 1.807) is 6.07 Å². The Morgan fingerprint density at radius 2 is 1.92 bits per heavy atom. The molecular weight excluding hydrogens is 178 g/mol. The molecule has 12 heavy (non-hydrogen) atoms. The van der Waals surface area contributed by atoms with Gasteiger partial charge in [-0.05, 0) is 18.1 Å². The Morgan fingerprint density at radius 3 is 2.17 bits per heavy atom. The third-order valence-corrected chi connectivity index (χ3v) is 3.19. The van der Waals surface area contributed by atoms with Crippen LogP contribution in [0.25, 0.3) is 0 Å². The molecule has 0 bridgehead atoms. The van der Waals surface area contributed by atoms with Gasteiger partial charge in [-0.1, -0.05) is 13.8 Å². The molecule has 0 radical (unpaired) electrons. The summed E-state index contributed by atoms with van der Waals surface area (Å²) in [5, 5.41) is 0. The molecule has 68 valence electrons. The van der Waals surface area contributed by atoms with Crippen LogP contribution in [0.4, 0.5) is 8.78 Å². The lowest BCUT2D eigenvalue weighted by molar-refractivity contribution is 0.0215. The Morgan fingerprint density at radius 1 is 1.33 bits per heavy atom. The maximum atomic E-state index is 12.7. The number of alkyl halides is 2. The van der Waals surface area contributed by atoms with Crippen molar-refractivity contribution in [2.24, 2.45) is 0 Å². The molecule has 0 fully saturated rings. The third kappa shape index (κ3) is 2.03. The lowest BCUT2D eigenvalue weighted by atomic mass is 10.2. The van der Waals surface area contributed by atoms with E-state index in [1.807, 2.05) is 13.8 Å². The van der Waals surface area contributed by atoms with Crippen LogP contribution in [0.2, 0.25) is 0 Å². The minimum Gasteiger partial charge on any atom is -0.201 e.